The molecule has 0 rings (SSSR count). The fourth-order valence-corrected chi connectivity index (χ4v) is 1.76. The van der Waals surface area contributed by atoms with Crippen molar-refractivity contribution in [3.05, 3.63) is 0 Å². The zero-order chi connectivity index (χ0) is 11.0. The Kier molecular flexibility index (Phi) is 8.26. The molecule has 0 fully saturated rings. The molecule has 86 valence electrons. The van der Waals surface area contributed by atoms with Crippen molar-refractivity contribution in [3.63, 3.8) is 0 Å². The van der Waals surface area contributed by atoms with E-state index in [2.05, 4.69) is 39.9 Å². The monoisotopic (exact) mass is 199 g/mol. The van der Waals surface area contributed by atoms with Gasteiger partial charge in [-0.15, -0.1) is 0 Å². The Morgan fingerprint density at radius 2 is 1.57 bits per heavy atom. The summed E-state index contributed by atoms with van der Waals surface area (Å²) < 4.78 is 0. The summed E-state index contributed by atoms with van der Waals surface area (Å²) in [4.78, 5) is 0. The molecule has 1 nitrogen and oxygen atoms in total. The van der Waals surface area contributed by atoms with Crippen LogP contribution in [-0.4, -0.2) is 12.6 Å². The molecule has 1 atom stereocenters. The predicted molar refractivity (Wildman–Crippen MR) is 65.6 cm³/mol. The average molecular weight is 199 g/mol. The molecule has 0 amide bonds. The molecule has 0 radical (unpaired) electrons. The zero-order valence-electron chi connectivity index (χ0n) is 10.8. The van der Waals surface area contributed by atoms with Crippen molar-refractivity contribution >= 4 is 0 Å². The molecule has 0 aliphatic carbocycles. The fraction of sp³-hybridized carbons (Fsp3) is 1.00. The highest BCUT2D eigenvalue weighted by atomic mass is 14.9. The van der Waals surface area contributed by atoms with Crippen LogP contribution in [0.15, 0.2) is 0 Å². The lowest BCUT2D eigenvalue weighted by atomic mass is 9.96. The summed E-state index contributed by atoms with van der Waals surface area (Å²) in [6.45, 7) is 12.7. The minimum Gasteiger partial charge on any atom is -0.314 e. The van der Waals surface area contributed by atoms with E-state index in [0.717, 1.165) is 17.9 Å². The fourth-order valence-electron chi connectivity index (χ4n) is 1.76. The predicted octanol–water partition coefficient (Wildman–Crippen LogP) is 3.84. The summed E-state index contributed by atoms with van der Waals surface area (Å²) in [5.74, 6) is 1.66. The van der Waals surface area contributed by atoms with Gasteiger partial charge < -0.3 is 5.32 Å². The standard InChI is InChI=1S/C13H29N/c1-6-9-14-13(10-12(4)5)8-7-11(2)3/h11-14H,6-10H2,1-5H3. The van der Waals surface area contributed by atoms with E-state index in [1.165, 1.54) is 32.2 Å². The number of rotatable bonds is 8. The van der Waals surface area contributed by atoms with Gasteiger partial charge in [0.05, 0.1) is 0 Å². The highest BCUT2D eigenvalue weighted by molar-refractivity contribution is 4.69. The molecule has 1 heteroatoms. The van der Waals surface area contributed by atoms with Gasteiger partial charge in [-0.1, -0.05) is 34.6 Å². The maximum absolute atomic E-state index is 3.66. The number of hydrogen-bond acceptors (Lipinski definition) is 1. The van der Waals surface area contributed by atoms with Gasteiger partial charge in [0.2, 0.25) is 0 Å². The Bertz CT molecular complexity index is 118. The molecular formula is C13H29N. The summed E-state index contributed by atoms with van der Waals surface area (Å²) >= 11 is 0. The van der Waals surface area contributed by atoms with E-state index in [4.69, 9.17) is 0 Å². The minimum absolute atomic E-state index is 0.748. The van der Waals surface area contributed by atoms with Crippen molar-refractivity contribution in [2.24, 2.45) is 11.8 Å². The molecule has 0 aliphatic rings. The molecule has 1 N–H and O–H groups in total. The first kappa shape index (κ1) is 14.0. The Morgan fingerprint density at radius 3 is 2.00 bits per heavy atom. The van der Waals surface area contributed by atoms with Crippen molar-refractivity contribution in [1.29, 1.82) is 0 Å². The van der Waals surface area contributed by atoms with Crippen LogP contribution in [0.1, 0.15) is 60.3 Å². The van der Waals surface area contributed by atoms with Crippen LogP contribution >= 0.6 is 0 Å². The topological polar surface area (TPSA) is 12.0 Å². The van der Waals surface area contributed by atoms with Crippen molar-refractivity contribution in [2.45, 2.75) is 66.3 Å². The van der Waals surface area contributed by atoms with Crippen molar-refractivity contribution < 1.29 is 0 Å². The normalized spacial score (nSPS) is 13.9. The van der Waals surface area contributed by atoms with Crippen molar-refractivity contribution in [3.8, 4) is 0 Å². The molecule has 0 saturated carbocycles. The molecule has 0 heterocycles. The summed E-state index contributed by atoms with van der Waals surface area (Å²) in [6.07, 6.45) is 5.27. The van der Waals surface area contributed by atoms with E-state index in [9.17, 15) is 0 Å². The van der Waals surface area contributed by atoms with Gasteiger partial charge in [0.15, 0.2) is 0 Å². The second kappa shape index (κ2) is 8.28. The Labute approximate surface area is 90.7 Å². The molecular weight excluding hydrogens is 170 g/mol. The Hall–Kier alpha value is -0.0400. The lowest BCUT2D eigenvalue weighted by Gasteiger charge is -2.21. The van der Waals surface area contributed by atoms with Gasteiger partial charge in [-0.05, 0) is 44.1 Å². The van der Waals surface area contributed by atoms with E-state index in [0.29, 0.717) is 0 Å². The highest BCUT2D eigenvalue weighted by Gasteiger charge is 2.10. The summed E-state index contributed by atoms with van der Waals surface area (Å²) in [5.41, 5.74) is 0. The molecule has 0 bridgehead atoms. The van der Waals surface area contributed by atoms with E-state index in [1.54, 1.807) is 0 Å². The molecule has 0 aliphatic heterocycles. The third-order valence-electron chi connectivity index (χ3n) is 2.53. The van der Waals surface area contributed by atoms with E-state index in [1.807, 2.05) is 0 Å². The Balaban J connectivity index is 3.72. The molecule has 0 spiro atoms. The molecule has 1 unspecified atom stereocenters. The van der Waals surface area contributed by atoms with Crippen LogP contribution in [0.25, 0.3) is 0 Å². The maximum atomic E-state index is 3.66. The molecule has 0 saturated heterocycles. The first-order chi connectivity index (χ1) is 6.56. The summed E-state index contributed by atoms with van der Waals surface area (Å²) in [6, 6.07) is 0.748. The average Bonchev–Trinajstić information content (AvgIpc) is 2.09. The Morgan fingerprint density at radius 1 is 0.929 bits per heavy atom. The van der Waals surface area contributed by atoms with Crippen molar-refractivity contribution in [1.82, 2.24) is 5.32 Å². The van der Waals surface area contributed by atoms with Crippen molar-refractivity contribution in [2.75, 3.05) is 6.54 Å². The third kappa shape index (κ3) is 8.55. The molecule has 0 aromatic heterocycles. The van der Waals surface area contributed by atoms with Gasteiger partial charge in [-0.3, -0.25) is 0 Å². The van der Waals surface area contributed by atoms with Crippen LogP contribution in [0.4, 0.5) is 0 Å². The lowest BCUT2D eigenvalue weighted by molar-refractivity contribution is 0.371. The largest absolute Gasteiger partial charge is 0.314 e. The van der Waals surface area contributed by atoms with Crippen LogP contribution in [0.3, 0.4) is 0 Å². The number of hydrogen-bond donors (Lipinski definition) is 1. The smallest absolute Gasteiger partial charge is 0.00695 e. The SMILES string of the molecule is CCCNC(CCC(C)C)CC(C)C. The second-order valence-electron chi connectivity index (χ2n) is 5.25. The van der Waals surface area contributed by atoms with E-state index in [-0.39, 0.29) is 0 Å². The van der Waals surface area contributed by atoms with Crippen LogP contribution in [-0.2, 0) is 0 Å². The van der Waals surface area contributed by atoms with E-state index < -0.39 is 0 Å². The van der Waals surface area contributed by atoms with Gasteiger partial charge in [-0.2, -0.15) is 0 Å². The van der Waals surface area contributed by atoms with E-state index >= 15 is 0 Å². The van der Waals surface area contributed by atoms with Gasteiger partial charge in [0, 0.05) is 6.04 Å². The highest BCUT2D eigenvalue weighted by Crippen LogP contribution is 2.13. The summed E-state index contributed by atoms with van der Waals surface area (Å²) in [5, 5.41) is 3.66. The molecule has 14 heavy (non-hydrogen) atoms. The second-order valence-corrected chi connectivity index (χ2v) is 5.25. The van der Waals surface area contributed by atoms with Gasteiger partial charge in [0.25, 0.3) is 0 Å². The van der Waals surface area contributed by atoms with Gasteiger partial charge >= 0.3 is 0 Å². The third-order valence-corrected chi connectivity index (χ3v) is 2.53. The summed E-state index contributed by atoms with van der Waals surface area (Å²) in [7, 11) is 0. The van der Waals surface area contributed by atoms with Crippen LogP contribution in [0.2, 0.25) is 0 Å². The first-order valence-electron chi connectivity index (χ1n) is 6.29. The first-order valence-corrected chi connectivity index (χ1v) is 6.29. The molecule has 0 aromatic rings. The van der Waals surface area contributed by atoms with Crippen LogP contribution in [0, 0.1) is 11.8 Å². The minimum atomic E-state index is 0.748. The van der Waals surface area contributed by atoms with Crippen LogP contribution in [0.5, 0.6) is 0 Å². The molecule has 0 aromatic carbocycles. The zero-order valence-corrected chi connectivity index (χ0v) is 10.8. The van der Waals surface area contributed by atoms with Gasteiger partial charge in [-0.25, -0.2) is 0 Å². The van der Waals surface area contributed by atoms with Gasteiger partial charge in [0.1, 0.15) is 0 Å². The maximum Gasteiger partial charge on any atom is 0.00695 e. The quantitative estimate of drug-likeness (QED) is 0.626. The lowest BCUT2D eigenvalue weighted by Crippen LogP contribution is -2.31. The van der Waals surface area contributed by atoms with Crippen LogP contribution < -0.4 is 5.32 Å². The number of nitrogens with one attached hydrogen (secondary N) is 1.